The number of halogens is 1. The lowest BCUT2D eigenvalue weighted by Gasteiger charge is -2.09. The smallest absolute Gasteiger partial charge is 0.240 e. The number of aromatic nitrogens is 4. The Balaban J connectivity index is 1.53. The highest BCUT2D eigenvalue weighted by molar-refractivity contribution is 9.10. The molecule has 0 amide bonds. The summed E-state index contributed by atoms with van der Waals surface area (Å²) in [5, 5.41) is 15.7. The number of hydrogen-bond acceptors (Lipinski definition) is 6. The van der Waals surface area contributed by atoms with Gasteiger partial charge in [-0.15, -0.1) is 10.2 Å². The first kappa shape index (κ1) is 19.5. The normalized spacial score (nSPS) is 11.5. The first-order valence-corrected chi connectivity index (χ1v) is 10.5. The van der Waals surface area contributed by atoms with Crippen LogP contribution in [-0.2, 0) is 10.0 Å². The fraction of sp³-hybridized carbons (Fsp3) is 0.235. The third kappa shape index (κ3) is 4.90. The largest absolute Gasteiger partial charge is 0.367 e. The third-order valence-corrected chi connectivity index (χ3v) is 5.73. The maximum absolute atomic E-state index is 12.2. The number of hydrogen-bond donors (Lipinski definition) is 2. The molecule has 0 aliphatic heterocycles. The molecule has 0 spiro atoms. The lowest BCUT2D eigenvalue weighted by atomic mass is 10.4. The first-order chi connectivity index (χ1) is 12.8. The van der Waals surface area contributed by atoms with Gasteiger partial charge in [0.25, 0.3) is 0 Å². The van der Waals surface area contributed by atoms with Gasteiger partial charge in [-0.1, -0.05) is 15.9 Å². The van der Waals surface area contributed by atoms with E-state index < -0.39 is 10.0 Å². The van der Waals surface area contributed by atoms with Crippen LogP contribution < -0.4 is 10.0 Å². The maximum atomic E-state index is 12.2. The van der Waals surface area contributed by atoms with Crippen molar-refractivity contribution < 1.29 is 8.42 Å². The number of sulfonamides is 1. The molecule has 10 heteroatoms. The van der Waals surface area contributed by atoms with E-state index in [1.807, 2.05) is 19.9 Å². The van der Waals surface area contributed by atoms with Crippen molar-refractivity contribution in [3.63, 3.8) is 0 Å². The molecule has 27 heavy (non-hydrogen) atoms. The van der Waals surface area contributed by atoms with Crippen molar-refractivity contribution in [1.29, 1.82) is 0 Å². The molecule has 2 heterocycles. The van der Waals surface area contributed by atoms with Crippen LogP contribution in [0, 0.1) is 13.8 Å². The zero-order chi connectivity index (χ0) is 19.4. The number of anilines is 1. The van der Waals surface area contributed by atoms with Gasteiger partial charge in [-0.05, 0) is 56.3 Å². The van der Waals surface area contributed by atoms with E-state index in [-0.39, 0.29) is 11.4 Å². The molecule has 0 aliphatic carbocycles. The molecule has 0 unspecified atom stereocenters. The maximum Gasteiger partial charge on any atom is 0.240 e. The van der Waals surface area contributed by atoms with E-state index in [2.05, 4.69) is 41.3 Å². The van der Waals surface area contributed by atoms with Gasteiger partial charge in [0, 0.05) is 23.3 Å². The SMILES string of the molecule is Cc1cc(C)n(-c2ccc(NCCNS(=O)(=O)c3ccc(Br)cc3)nn2)n1. The van der Waals surface area contributed by atoms with Crippen LogP contribution in [0.1, 0.15) is 11.4 Å². The van der Waals surface area contributed by atoms with E-state index in [4.69, 9.17) is 0 Å². The Morgan fingerprint density at radius 1 is 1.04 bits per heavy atom. The van der Waals surface area contributed by atoms with Gasteiger partial charge in [0.2, 0.25) is 10.0 Å². The van der Waals surface area contributed by atoms with Crippen LogP contribution >= 0.6 is 15.9 Å². The summed E-state index contributed by atoms with van der Waals surface area (Å²) in [6.45, 7) is 4.47. The zero-order valence-corrected chi connectivity index (χ0v) is 17.2. The molecule has 0 saturated carbocycles. The fourth-order valence-corrected chi connectivity index (χ4v) is 3.76. The predicted octanol–water partition coefficient (Wildman–Crippen LogP) is 2.43. The molecule has 0 bridgehead atoms. The summed E-state index contributed by atoms with van der Waals surface area (Å²) in [6.07, 6.45) is 0. The number of rotatable bonds is 7. The molecule has 3 rings (SSSR count). The summed E-state index contributed by atoms with van der Waals surface area (Å²) in [5.41, 5.74) is 1.89. The van der Waals surface area contributed by atoms with Crippen LogP contribution in [0.5, 0.6) is 0 Å². The van der Waals surface area contributed by atoms with Crippen LogP contribution in [0.4, 0.5) is 5.82 Å². The van der Waals surface area contributed by atoms with Crippen molar-refractivity contribution >= 4 is 31.8 Å². The Hall–Kier alpha value is -2.30. The lowest BCUT2D eigenvalue weighted by molar-refractivity contribution is 0.583. The lowest BCUT2D eigenvalue weighted by Crippen LogP contribution is -2.29. The molecule has 0 aliphatic rings. The molecule has 0 fully saturated rings. The second-order valence-corrected chi connectivity index (χ2v) is 8.58. The summed E-state index contributed by atoms with van der Waals surface area (Å²) in [7, 11) is -3.54. The topological polar surface area (TPSA) is 102 Å². The molecule has 0 saturated heterocycles. The fourth-order valence-electron chi connectivity index (χ4n) is 2.47. The van der Waals surface area contributed by atoms with E-state index in [0.717, 1.165) is 15.9 Å². The second-order valence-electron chi connectivity index (χ2n) is 5.89. The first-order valence-electron chi connectivity index (χ1n) is 8.22. The quantitative estimate of drug-likeness (QED) is 0.535. The number of nitrogens with zero attached hydrogens (tertiary/aromatic N) is 4. The van der Waals surface area contributed by atoms with E-state index in [9.17, 15) is 8.42 Å². The van der Waals surface area contributed by atoms with Gasteiger partial charge in [0.1, 0.15) is 5.82 Å². The highest BCUT2D eigenvalue weighted by Gasteiger charge is 2.12. The number of nitrogens with one attached hydrogen (secondary N) is 2. The number of benzene rings is 1. The predicted molar refractivity (Wildman–Crippen MR) is 106 cm³/mol. The average molecular weight is 451 g/mol. The van der Waals surface area contributed by atoms with Crippen LogP contribution in [0.15, 0.2) is 51.8 Å². The van der Waals surface area contributed by atoms with Crippen molar-refractivity contribution in [2.75, 3.05) is 18.4 Å². The average Bonchev–Trinajstić information content (AvgIpc) is 2.98. The van der Waals surface area contributed by atoms with Crippen molar-refractivity contribution in [1.82, 2.24) is 24.7 Å². The Bertz CT molecular complexity index is 1020. The minimum Gasteiger partial charge on any atom is -0.367 e. The van der Waals surface area contributed by atoms with Gasteiger partial charge in [0.05, 0.1) is 10.6 Å². The molecule has 1 aromatic carbocycles. The van der Waals surface area contributed by atoms with Crippen LogP contribution in [0.25, 0.3) is 5.82 Å². The van der Waals surface area contributed by atoms with Crippen molar-refractivity contribution in [3.8, 4) is 5.82 Å². The van der Waals surface area contributed by atoms with Gasteiger partial charge in [0.15, 0.2) is 5.82 Å². The minimum atomic E-state index is -3.54. The van der Waals surface area contributed by atoms with Gasteiger partial charge >= 0.3 is 0 Å². The molecule has 8 nitrogen and oxygen atoms in total. The van der Waals surface area contributed by atoms with Crippen molar-refractivity contribution in [3.05, 3.63) is 58.3 Å². The van der Waals surface area contributed by atoms with Gasteiger partial charge in [-0.25, -0.2) is 17.8 Å². The third-order valence-electron chi connectivity index (χ3n) is 3.72. The van der Waals surface area contributed by atoms with Crippen molar-refractivity contribution in [2.45, 2.75) is 18.7 Å². The highest BCUT2D eigenvalue weighted by atomic mass is 79.9. The van der Waals surface area contributed by atoms with Gasteiger partial charge in [-0.3, -0.25) is 0 Å². The standard InChI is InChI=1S/C17H19BrN6O2S/c1-12-11-13(2)24(23-12)17-8-7-16(21-22-17)19-9-10-20-27(25,26)15-5-3-14(18)4-6-15/h3-8,11,20H,9-10H2,1-2H3,(H,19,21). The summed E-state index contributed by atoms with van der Waals surface area (Å²) < 4.78 is 29.5. The molecule has 0 radical (unpaired) electrons. The molecule has 142 valence electrons. The second kappa shape index (κ2) is 8.15. The Labute approximate surface area is 166 Å². The van der Waals surface area contributed by atoms with Crippen LogP contribution in [-0.4, -0.2) is 41.5 Å². The number of aryl methyl sites for hydroxylation is 2. The monoisotopic (exact) mass is 450 g/mol. The summed E-state index contributed by atoms with van der Waals surface area (Å²) in [5.74, 6) is 1.19. The van der Waals surface area contributed by atoms with E-state index >= 15 is 0 Å². The highest BCUT2D eigenvalue weighted by Crippen LogP contribution is 2.14. The molecular formula is C17H19BrN6O2S. The van der Waals surface area contributed by atoms with Crippen LogP contribution in [0.2, 0.25) is 0 Å². The van der Waals surface area contributed by atoms with Crippen molar-refractivity contribution in [2.24, 2.45) is 0 Å². The molecule has 0 atom stereocenters. The Kier molecular flexibility index (Phi) is 5.88. The van der Waals surface area contributed by atoms with E-state index in [1.165, 1.54) is 0 Å². The minimum absolute atomic E-state index is 0.222. The Morgan fingerprint density at radius 3 is 2.37 bits per heavy atom. The van der Waals surface area contributed by atoms with Gasteiger partial charge in [-0.2, -0.15) is 5.10 Å². The molecule has 2 aromatic heterocycles. The summed E-state index contributed by atoms with van der Waals surface area (Å²) >= 11 is 3.28. The summed E-state index contributed by atoms with van der Waals surface area (Å²) in [4.78, 5) is 0.222. The van der Waals surface area contributed by atoms with E-state index in [1.54, 1.807) is 41.1 Å². The van der Waals surface area contributed by atoms with E-state index in [0.29, 0.717) is 18.2 Å². The van der Waals surface area contributed by atoms with Crippen LogP contribution in [0.3, 0.4) is 0 Å². The molecule has 3 aromatic rings. The molecular weight excluding hydrogens is 432 g/mol. The molecule has 2 N–H and O–H groups in total. The zero-order valence-electron chi connectivity index (χ0n) is 14.8. The Morgan fingerprint density at radius 2 is 1.78 bits per heavy atom. The summed E-state index contributed by atoms with van der Waals surface area (Å²) in [6, 6.07) is 12.0. The van der Waals surface area contributed by atoms with Gasteiger partial charge < -0.3 is 5.32 Å².